The van der Waals surface area contributed by atoms with Crippen molar-refractivity contribution in [3.63, 3.8) is 0 Å². The van der Waals surface area contributed by atoms with Crippen molar-refractivity contribution in [2.24, 2.45) is 5.16 Å². The first-order valence-corrected chi connectivity index (χ1v) is 10.3. The molecule has 11 heteroatoms. The first-order chi connectivity index (χ1) is 11.3. The molecule has 0 saturated heterocycles. The fourth-order valence-electron chi connectivity index (χ4n) is 1.55. The van der Waals surface area contributed by atoms with Gasteiger partial charge in [-0.05, 0) is 19.8 Å². The van der Waals surface area contributed by atoms with Crippen LogP contribution in [0.15, 0.2) is 5.16 Å². The van der Waals surface area contributed by atoms with Crippen LogP contribution in [0, 0.1) is 0 Å². The summed E-state index contributed by atoms with van der Waals surface area (Å²) in [5.74, 6) is 0. The fraction of sp³-hybridized carbons (Fsp3) is 0.846. The van der Waals surface area contributed by atoms with Gasteiger partial charge in [-0.1, -0.05) is 31.8 Å². The third kappa shape index (κ3) is 8.79. The lowest BCUT2D eigenvalue weighted by molar-refractivity contribution is 0.134. The molecule has 2 unspecified atom stereocenters. The molecule has 2 atom stereocenters. The van der Waals surface area contributed by atoms with Crippen molar-refractivity contribution in [1.29, 1.82) is 0 Å². The van der Waals surface area contributed by atoms with Crippen molar-refractivity contribution < 1.29 is 18.7 Å². The van der Waals surface area contributed by atoms with Gasteiger partial charge in [0.1, 0.15) is 5.04 Å². The lowest BCUT2D eigenvalue weighted by Crippen LogP contribution is -2.50. The fourth-order valence-corrected chi connectivity index (χ4v) is 4.01. The van der Waals surface area contributed by atoms with Crippen LogP contribution in [0.2, 0.25) is 0 Å². The molecule has 142 valence electrons. The second kappa shape index (κ2) is 13.1. The number of hydrogen-bond donors (Lipinski definition) is 1. The van der Waals surface area contributed by atoms with Gasteiger partial charge in [-0.15, -0.1) is 21.2 Å². The van der Waals surface area contributed by atoms with Crippen molar-refractivity contribution in [2.75, 3.05) is 27.2 Å². The van der Waals surface area contributed by atoms with Crippen molar-refractivity contribution >= 4 is 46.9 Å². The van der Waals surface area contributed by atoms with Gasteiger partial charge < -0.3 is 9.11 Å². The highest BCUT2D eigenvalue weighted by molar-refractivity contribution is 8.02. The Bertz CT molecular complexity index is 391. The SMILES string of the molecule is CCCCN(CCCC)[S+]([O-])N(C)[S+]([O-])N(C)C(=O)ON=C(C)S. The highest BCUT2D eigenvalue weighted by atomic mass is 32.3. The molecule has 0 aromatic heterocycles. The number of carbonyl (C=O) groups is 1. The maximum absolute atomic E-state index is 12.6. The van der Waals surface area contributed by atoms with Gasteiger partial charge in [0.15, 0.2) is 11.5 Å². The van der Waals surface area contributed by atoms with Gasteiger partial charge in [-0.3, -0.25) is 4.84 Å². The van der Waals surface area contributed by atoms with Crippen LogP contribution < -0.4 is 0 Å². The molecule has 0 aliphatic carbocycles. The molecule has 0 spiro atoms. The van der Waals surface area contributed by atoms with Gasteiger partial charge in [0.05, 0.1) is 17.8 Å². The molecule has 1 amide bonds. The topological polar surface area (TPSA) is 94.5 Å². The van der Waals surface area contributed by atoms with Crippen LogP contribution in [-0.4, -0.2) is 59.7 Å². The van der Waals surface area contributed by atoms with Crippen LogP contribution in [0.25, 0.3) is 0 Å². The van der Waals surface area contributed by atoms with Crippen molar-refractivity contribution in [3.05, 3.63) is 0 Å². The zero-order valence-corrected chi connectivity index (χ0v) is 17.5. The van der Waals surface area contributed by atoms with E-state index >= 15 is 0 Å². The van der Waals surface area contributed by atoms with Crippen molar-refractivity contribution in [1.82, 2.24) is 12.3 Å². The van der Waals surface area contributed by atoms with Crippen LogP contribution in [0.4, 0.5) is 4.79 Å². The first kappa shape index (κ1) is 23.8. The van der Waals surface area contributed by atoms with E-state index < -0.39 is 29.2 Å². The minimum atomic E-state index is -1.96. The van der Waals surface area contributed by atoms with Crippen LogP contribution >= 0.6 is 12.6 Å². The molecule has 0 radical (unpaired) electrons. The Morgan fingerprint density at radius 3 is 2.04 bits per heavy atom. The summed E-state index contributed by atoms with van der Waals surface area (Å²) in [6.07, 6.45) is 2.81. The van der Waals surface area contributed by atoms with Gasteiger partial charge >= 0.3 is 6.09 Å². The quantitative estimate of drug-likeness (QED) is 0.143. The average molecular weight is 401 g/mol. The maximum atomic E-state index is 12.6. The molecule has 24 heavy (non-hydrogen) atoms. The Kier molecular flexibility index (Phi) is 13.0. The van der Waals surface area contributed by atoms with Crippen LogP contribution in [0.1, 0.15) is 46.5 Å². The summed E-state index contributed by atoms with van der Waals surface area (Å²) in [7, 11) is 2.73. The second-order valence-corrected chi connectivity index (χ2v) is 8.99. The van der Waals surface area contributed by atoms with Crippen LogP contribution in [0.5, 0.6) is 0 Å². The molecule has 0 rings (SSSR count). The van der Waals surface area contributed by atoms with E-state index in [1.54, 1.807) is 4.31 Å². The van der Waals surface area contributed by atoms with Gasteiger partial charge in [-0.25, -0.2) is 4.79 Å². The van der Waals surface area contributed by atoms with E-state index in [-0.39, 0.29) is 5.04 Å². The van der Waals surface area contributed by atoms with E-state index in [9.17, 15) is 13.9 Å². The lowest BCUT2D eigenvalue weighted by Gasteiger charge is -2.29. The molecule has 0 saturated carbocycles. The molecule has 8 nitrogen and oxygen atoms in total. The molecule has 0 aromatic rings. The van der Waals surface area contributed by atoms with E-state index in [0.717, 1.165) is 33.7 Å². The third-order valence-electron chi connectivity index (χ3n) is 2.93. The van der Waals surface area contributed by atoms with E-state index in [4.69, 9.17) is 0 Å². The van der Waals surface area contributed by atoms with Gasteiger partial charge in [-0.2, -0.15) is 0 Å². The molecule has 0 fully saturated rings. The average Bonchev–Trinajstić information content (AvgIpc) is 2.57. The number of nitrogens with zero attached hydrogens (tertiary/aromatic N) is 4. The van der Waals surface area contributed by atoms with E-state index in [1.165, 1.54) is 21.0 Å². The Morgan fingerprint density at radius 2 is 1.62 bits per heavy atom. The zero-order chi connectivity index (χ0) is 18.7. The third-order valence-corrected chi connectivity index (χ3v) is 6.08. The van der Waals surface area contributed by atoms with Gasteiger partial charge in [0, 0.05) is 13.1 Å². The minimum Gasteiger partial charge on any atom is -0.575 e. The summed E-state index contributed by atoms with van der Waals surface area (Å²) in [5, 5.41) is 3.65. The summed E-state index contributed by atoms with van der Waals surface area (Å²) >= 11 is 0.291. The Labute approximate surface area is 156 Å². The predicted molar refractivity (Wildman–Crippen MR) is 102 cm³/mol. The van der Waals surface area contributed by atoms with Gasteiger partial charge in [0.25, 0.3) is 0 Å². The summed E-state index contributed by atoms with van der Waals surface area (Å²) in [4.78, 5) is 16.3. The first-order valence-electron chi connectivity index (χ1n) is 7.77. The second-order valence-electron chi connectivity index (χ2n) is 5.03. The van der Waals surface area contributed by atoms with Crippen molar-refractivity contribution in [3.8, 4) is 0 Å². The molecule has 0 heterocycles. The number of hydrogen-bond acceptors (Lipinski definition) is 7. The number of thiol groups is 1. The van der Waals surface area contributed by atoms with Crippen LogP contribution in [0.3, 0.4) is 0 Å². The predicted octanol–water partition coefficient (Wildman–Crippen LogP) is 2.31. The lowest BCUT2D eigenvalue weighted by atomic mass is 10.3. The smallest absolute Gasteiger partial charge is 0.479 e. The van der Waals surface area contributed by atoms with E-state index in [1.807, 2.05) is 0 Å². The maximum Gasteiger partial charge on any atom is 0.479 e. The largest absolute Gasteiger partial charge is 0.575 e. The van der Waals surface area contributed by atoms with E-state index in [2.05, 4.69) is 36.5 Å². The summed E-state index contributed by atoms with van der Waals surface area (Å²) in [6, 6.07) is 0. The Morgan fingerprint density at radius 1 is 1.12 bits per heavy atom. The molecule has 0 aliphatic rings. The molecule has 0 bridgehead atoms. The standard InChI is InChI=1S/C13H28N4O4S3/c1-6-8-10-17(11-9-7-2)24(20)16(5)23(19)15(4)13(18)21-14-12(3)22/h6-11H2,1-5H3,(H,14,22). The number of rotatable bonds is 11. The molecule has 0 aromatic carbocycles. The van der Waals surface area contributed by atoms with E-state index in [0.29, 0.717) is 13.1 Å². The van der Waals surface area contributed by atoms with Crippen LogP contribution in [-0.2, 0) is 27.9 Å². The number of carbonyl (C=O) groups excluding carboxylic acids is 1. The Hall–Kier alpha value is -0.170. The Balaban J connectivity index is 4.81. The number of oxime groups is 1. The molecular formula is C13H28N4O4S3. The summed E-state index contributed by atoms with van der Waals surface area (Å²) in [5.41, 5.74) is 0. The number of amides is 1. The van der Waals surface area contributed by atoms with Gasteiger partial charge in [0.2, 0.25) is 11.5 Å². The normalized spacial score (nSPS) is 14.8. The highest BCUT2D eigenvalue weighted by Crippen LogP contribution is 2.16. The number of unbranched alkanes of at least 4 members (excludes halogenated alkanes) is 2. The molecular weight excluding hydrogens is 372 g/mol. The molecule has 0 aliphatic heterocycles. The summed E-state index contributed by atoms with van der Waals surface area (Å²) < 4.78 is 28.8. The monoisotopic (exact) mass is 400 g/mol. The molecule has 0 N–H and O–H groups in total. The van der Waals surface area contributed by atoms with Crippen molar-refractivity contribution in [2.45, 2.75) is 46.5 Å². The summed E-state index contributed by atoms with van der Waals surface area (Å²) in [6.45, 7) is 6.92. The minimum absolute atomic E-state index is 0.254. The highest BCUT2D eigenvalue weighted by Gasteiger charge is 2.39. The zero-order valence-electron chi connectivity index (χ0n) is 14.9.